The first-order valence-corrected chi connectivity index (χ1v) is 12.9. The van der Waals surface area contributed by atoms with E-state index in [0.29, 0.717) is 29.1 Å². The van der Waals surface area contributed by atoms with Crippen LogP contribution in [-0.2, 0) is 18.3 Å². The van der Waals surface area contributed by atoms with Crippen molar-refractivity contribution in [3.63, 3.8) is 0 Å². The van der Waals surface area contributed by atoms with Crippen molar-refractivity contribution in [3.05, 3.63) is 90.4 Å². The molecule has 2 aromatic carbocycles. The van der Waals surface area contributed by atoms with E-state index in [1.807, 2.05) is 23.9 Å². The third kappa shape index (κ3) is 4.72. The van der Waals surface area contributed by atoms with Gasteiger partial charge in [0, 0.05) is 50.5 Å². The Bertz CT molecular complexity index is 1720. The standard InChI is InChI=1S/C28H21F2N5O3S/c1-33-11-10-32-27(33)24-16-21-26(39-24)23(8-9-31-21)38-22-7-2-17(14-20(22)30)15-25(36)35-13-12-34(28(35)37)19-5-3-18(29)4-6-19/h2-11,14,16H,12-13,15H2,1H3. The first-order valence-electron chi connectivity index (χ1n) is 12.1. The quantitative estimate of drug-likeness (QED) is 0.270. The van der Waals surface area contributed by atoms with Gasteiger partial charge in [-0.15, -0.1) is 11.3 Å². The Hall–Kier alpha value is -4.64. The van der Waals surface area contributed by atoms with Gasteiger partial charge in [0.05, 0.1) is 21.5 Å². The van der Waals surface area contributed by atoms with Gasteiger partial charge in [-0.3, -0.25) is 19.6 Å². The predicted molar refractivity (Wildman–Crippen MR) is 143 cm³/mol. The summed E-state index contributed by atoms with van der Waals surface area (Å²) in [4.78, 5) is 37.9. The highest BCUT2D eigenvalue weighted by Gasteiger charge is 2.34. The lowest BCUT2D eigenvalue weighted by Crippen LogP contribution is -2.37. The molecule has 5 aromatic rings. The van der Waals surface area contributed by atoms with Crippen LogP contribution in [-0.4, -0.2) is 44.5 Å². The number of halogens is 2. The Morgan fingerprint density at radius 2 is 1.82 bits per heavy atom. The number of thiophene rings is 1. The minimum Gasteiger partial charge on any atom is -0.453 e. The highest BCUT2D eigenvalue weighted by Crippen LogP contribution is 2.39. The number of aromatic nitrogens is 3. The fourth-order valence-corrected chi connectivity index (χ4v) is 5.57. The van der Waals surface area contributed by atoms with Gasteiger partial charge in [0.2, 0.25) is 5.91 Å². The summed E-state index contributed by atoms with van der Waals surface area (Å²) in [6.07, 6.45) is 5.01. The molecule has 0 bridgehead atoms. The van der Waals surface area contributed by atoms with E-state index in [0.717, 1.165) is 20.3 Å². The molecular weight excluding hydrogens is 524 g/mol. The van der Waals surface area contributed by atoms with Gasteiger partial charge in [-0.25, -0.2) is 18.6 Å². The Labute approximate surface area is 225 Å². The number of carbonyl (C=O) groups excluding carboxylic acids is 2. The maximum absolute atomic E-state index is 15.1. The number of benzene rings is 2. The van der Waals surface area contributed by atoms with Gasteiger partial charge in [-0.1, -0.05) is 6.07 Å². The highest BCUT2D eigenvalue weighted by molar-refractivity contribution is 7.22. The fourth-order valence-electron chi connectivity index (χ4n) is 4.46. The second kappa shape index (κ2) is 9.91. The van der Waals surface area contributed by atoms with Crippen molar-refractivity contribution in [3.8, 4) is 22.2 Å². The molecule has 0 radical (unpaired) electrons. The summed E-state index contributed by atoms with van der Waals surface area (Å²) in [5.41, 5.74) is 1.63. The van der Waals surface area contributed by atoms with Crippen LogP contribution in [0.1, 0.15) is 5.56 Å². The van der Waals surface area contributed by atoms with E-state index < -0.39 is 23.6 Å². The number of amides is 3. The summed E-state index contributed by atoms with van der Waals surface area (Å²) in [5, 5.41) is 0. The van der Waals surface area contributed by atoms with E-state index in [1.165, 1.54) is 52.6 Å². The molecule has 0 atom stereocenters. The molecule has 0 unspecified atom stereocenters. The molecule has 0 saturated carbocycles. The molecule has 6 rings (SSSR count). The summed E-state index contributed by atoms with van der Waals surface area (Å²) in [6.45, 7) is 0.486. The van der Waals surface area contributed by atoms with Gasteiger partial charge >= 0.3 is 6.03 Å². The first-order chi connectivity index (χ1) is 18.9. The molecule has 1 aliphatic heterocycles. The van der Waals surface area contributed by atoms with Gasteiger partial charge in [-0.2, -0.15) is 0 Å². The average molecular weight is 546 g/mol. The number of ether oxygens (including phenoxy) is 1. The number of hydrogen-bond donors (Lipinski definition) is 0. The summed E-state index contributed by atoms with van der Waals surface area (Å²) in [6, 6.07) is 12.9. The van der Waals surface area contributed by atoms with Gasteiger partial charge in [-0.05, 0) is 48.0 Å². The Balaban J connectivity index is 1.16. The Kier molecular flexibility index (Phi) is 6.27. The SMILES string of the molecule is Cn1ccnc1-c1cc2nccc(Oc3ccc(CC(=O)N4CCN(c5ccc(F)cc5)C4=O)cc3F)c2s1. The monoisotopic (exact) mass is 545 g/mol. The number of imide groups is 1. The Morgan fingerprint density at radius 3 is 2.56 bits per heavy atom. The molecule has 1 fully saturated rings. The molecule has 3 amide bonds. The van der Waals surface area contributed by atoms with Crippen LogP contribution in [0.3, 0.4) is 0 Å². The van der Waals surface area contributed by atoms with Crippen LogP contribution in [0.2, 0.25) is 0 Å². The number of anilines is 1. The average Bonchev–Trinajstić information content (AvgIpc) is 3.64. The zero-order chi connectivity index (χ0) is 27.1. The first kappa shape index (κ1) is 24.7. The molecule has 39 heavy (non-hydrogen) atoms. The molecule has 4 heterocycles. The smallest absolute Gasteiger partial charge is 0.331 e. The van der Waals surface area contributed by atoms with Gasteiger partial charge < -0.3 is 9.30 Å². The zero-order valence-electron chi connectivity index (χ0n) is 20.7. The van der Waals surface area contributed by atoms with Crippen LogP contribution >= 0.6 is 11.3 Å². The van der Waals surface area contributed by atoms with Crippen LogP contribution in [0.5, 0.6) is 11.5 Å². The van der Waals surface area contributed by atoms with E-state index in [9.17, 15) is 14.0 Å². The number of pyridine rings is 1. The van der Waals surface area contributed by atoms with Crippen molar-refractivity contribution in [2.75, 3.05) is 18.0 Å². The molecule has 1 aliphatic rings. The minimum absolute atomic E-state index is 0.00498. The number of carbonyl (C=O) groups is 2. The van der Waals surface area contributed by atoms with Crippen LogP contribution in [0, 0.1) is 11.6 Å². The van der Waals surface area contributed by atoms with Crippen LogP contribution < -0.4 is 9.64 Å². The highest BCUT2D eigenvalue weighted by atomic mass is 32.1. The number of urea groups is 1. The van der Waals surface area contributed by atoms with Crippen molar-refractivity contribution < 1.29 is 23.1 Å². The number of rotatable bonds is 6. The lowest BCUT2D eigenvalue weighted by atomic mass is 10.1. The third-order valence-corrected chi connectivity index (χ3v) is 7.57. The molecule has 8 nitrogen and oxygen atoms in total. The molecule has 0 spiro atoms. The lowest BCUT2D eigenvalue weighted by molar-refractivity contribution is -0.126. The maximum Gasteiger partial charge on any atom is 0.331 e. The van der Waals surface area contributed by atoms with Crippen LogP contribution in [0.4, 0.5) is 19.3 Å². The molecule has 0 N–H and O–H groups in total. The van der Waals surface area contributed by atoms with Crippen molar-refractivity contribution in [2.24, 2.45) is 7.05 Å². The topological polar surface area (TPSA) is 80.6 Å². The summed E-state index contributed by atoms with van der Waals surface area (Å²) in [5.74, 6) is -0.241. The fraction of sp³-hybridized carbons (Fsp3) is 0.143. The molecule has 196 valence electrons. The van der Waals surface area contributed by atoms with E-state index in [-0.39, 0.29) is 18.7 Å². The molecule has 3 aromatic heterocycles. The number of nitrogens with zero attached hydrogens (tertiary/aromatic N) is 5. The summed E-state index contributed by atoms with van der Waals surface area (Å²) in [7, 11) is 1.90. The van der Waals surface area contributed by atoms with Gasteiger partial charge in [0.25, 0.3) is 0 Å². The minimum atomic E-state index is -0.633. The van der Waals surface area contributed by atoms with E-state index >= 15 is 4.39 Å². The van der Waals surface area contributed by atoms with E-state index in [1.54, 1.807) is 24.5 Å². The largest absolute Gasteiger partial charge is 0.453 e. The van der Waals surface area contributed by atoms with E-state index in [2.05, 4.69) is 9.97 Å². The second-order valence-electron chi connectivity index (χ2n) is 9.00. The second-order valence-corrected chi connectivity index (χ2v) is 10.0. The van der Waals surface area contributed by atoms with Gasteiger partial charge in [0.1, 0.15) is 17.4 Å². The molecule has 0 aliphatic carbocycles. The van der Waals surface area contributed by atoms with Gasteiger partial charge in [0.15, 0.2) is 11.6 Å². The summed E-state index contributed by atoms with van der Waals surface area (Å²) < 4.78 is 36.9. The number of hydrogen-bond acceptors (Lipinski definition) is 6. The zero-order valence-corrected chi connectivity index (χ0v) is 21.5. The van der Waals surface area contributed by atoms with Crippen molar-refractivity contribution in [1.29, 1.82) is 0 Å². The number of aryl methyl sites for hydroxylation is 1. The normalized spacial score (nSPS) is 13.5. The maximum atomic E-state index is 15.1. The molecule has 11 heteroatoms. The lowest BCUT2D eigenvalue weighted by Gasteiger charge is -2.17. The molecule has 1 saturated heterocycles. The number of fused-ring (bicyclic) bond motifs is 1. The predicted octanol–water partition coefficient (Wildman–Crippen LogP) is 5.78. The molecular formula is C28H21F2N5O3S. The number of imidazole rings is 1. The third-order valence-electron chi connectivity index (χ3n) is 6.44. The Morgan fingerprint density at radius 1 is 1.00 bits per heavy atom. The van der Waals surface area contributed by atoms with Crippen LogP contribution in [0.15, 0.2) is 73.2 Å². The van der Waals surface area contributed by atoms with E-state index in [4.69, 9.17) is 4.74 Å². The van der Waals surface area contributed by atoms with Crippen molar-refractivity contribution >= 4 is 39.2 Å². The van der Waals surface area contributed by atoms with Crippen molar-refractivity contribution in [2.45, 2.75) is 6.42 Å². The van der Waals surface area contributed by atoms with Crippen molar-refractivity contribution in [1.82, 2.24) is 19.4 Å². The van der Waals surface area contributed by atoms with Crippen LogP contribution in [0.25, 0.3) is 20.9 Å². The summed E-state index contributed by atoms with van der Waals surface area (Å²) >= 11 is 1.45.